The van der Waals surface area contributed by atoms with E-state index in [0.29, 0.717) is 17.5 Å². The Morgan fingerprint density at radius 2 is 1.72 bits per heavy atom. The molecule has 1 N–H and O–H groups in total. The summed E-state index contributed by atoms with van der Waals surface area (Å²) in [5.41, 5.74) is 1.87. The van der Waals surface area contributed by atoms with Gasteiger partial charge in [-0.15, -0.1) is 0 Å². The fourth-order valence-electron chi connectivity index (χ4n) is 3.95. The first-order chi connectivity index (χ1) is 13.8. The number of hydrogen-bond acceptors (Lipinski definition) is 7. The number of aliphatic hydroxyl groups excluding tert-OH is 1. The minimum absolute atomic E-state index is 0.0564. The van der Waals surface area contributed by atoms with Crippen molar-refractivity contribution in [3.05, 3.63) is 35.7 Å². The monoisotopic (exact) mass is 397 g/mol. The van der Waals surface area contributed by atoms with E-state index in [9.17, 15) is 9.90 Å². The molecule has 1 amide bonds. The Labute approximate surface area is 170 Å². The van der Waals surface area contributed by atoms with E-state index < -0.39 is 5.41 Å². The fourth-order valence-corrected chi connectivity index (χ4v) is 3.95. The number of morpholine rings is 1. The van der Waals surface area contributed by atoms with Gasteiger partial charge in [0.2, 0.25) is 5.91 Å². The van der Waals surface area contributed by atoms with Gasteiger partial charge in [-0.05, 0) is 38.1 Å². The van der Waals surface area contributed by atoms with E-state index in [4.69, 9.17) is 4.74 Å². The third-order valence-corrected chi connectivity index (χ3v) is 5.54. The van der Waals surface area contributed by atoms with Gasteiger partial charge in [-0.2, -0.15) is 0 Å². The predicted octanol–water partition coefficient (Wildman–Crippen LogP) is 1.83. The van der Waals surface area contributed by atoms with Gasteiger partial charge in [0.25, 0.3) is 0 Å². The van der Waals surface area contributed by atoms with Crippen molar-refractivity contribution in [3.8, 4) is 0 Å². The van der Waals surface area contributed by atoms with Crippen LogP contribution in [0.3, 0.4) is 0 Å². The Morgan fingerprint density at radius 3 is 2.31 bits per heavy atom. The molecule has 2 aliphatic heterocycles. The third-order valence-electron chi connectivity index (χ3n) is 5.54. The second kappa shape index (κ2) is 7.27. The van der Waals surface area contributed by atoms with Gasteiger partial charge in [0.1, 0.15) is 18.2 Å². The van der Waals surface area contributed by atoms with Crippen molar-refractivity contribution in [1.29, 1.82) is 0 Å². The quantitative estimate of drug-likeness (QED) is 0.843. The first-order valence-electron chi connectivity index (χ1n) is 9.81. The van der Waals surface area contributed by atoms with Crippen molar-refractivity contribution in [2.75, 3.05) is 55.1 Å². The molecular weight excluding hydrogens is 370 g/mol. The molecule has 0 aliphatic carbocycles. The van der Waals surface area contributed by atoms with E-state index in [2.05, 4.69) is 14.9 Å². The lowest BCUT2D eigenvalue weighted by molar-refractivity contribution is -0.121. The van der Waals surface area contributed by atoms with Crippen LogP contribution in [0.5, 0.6) is 0 Å². The zero-order valence-corrected chi connectivity index (χ0v) is 17.3. The largest absolute Gasteiger partial charge is 0.388 e. The number of aromatic nitrogens is 2. The van der Waals surface area contributed by atoms with Gasteiger partial charge >= 0.3 is 0 Å². The molecule has 3 heterocycles. The van der Waals surface area contributed by atoms with Gasteiger partial charge in [-0.25, -0.2) is 9.97 Å². The SMILES string of the molecule is CN(C)c1nc(CO)nc2c1C(C)(C)C(=O)N2c1ccc(N2CCOCC2)cc1. The van der Waals surface area contributed by atoms with Crippen molar-refractivity contribution in [2.45, 2.75) is 25.9 Å². The van der Waals surface area contributed by atoms with E-state index in [-0.39, 0.29) is 12.5 Å². The zero-order chi connectivity index (χ0) is 20.8. The number of rotatable bonds is 4. The smallest absolute Gasteiger partial charge is 0.243 e. The Morgan fingerprint density at radius 1 is 1.10 bits per heavy atom. The van der Waals surface area contributed by atoms with Gasteiger partial charge in [0.15, 0.2) is 5.82 Å². The summed E-state index contributed by atoms with van der Waals surface area (Å²) in [5, 5.41) is 9.65. The molecule has 1 fully saturated rings. The minimum atomic E-state index is -0.772. The lowest BCUT2D eigenvalue weighted by atomic mass is 9.87. The van der Waals surface area contributed by atoms with Crippen molar-refractivity contribution < 1.29 is 14.6 Å². The molecule has 2 aliphatic rings. The molecule has 1 aromatic heterocycles. The number of ether oxygens (including phenoxy) is 1. The van der Waals surface area contributed by atoms with Crippen LogP contribution in [0.25, 0.3) is 0 Å². The molecular formula is C21H27N5O3. The number of anilines is 4. The van der Waals surface area contributed by atoms with E-state index in [0.717, 1.165) is 43.2 Å². The Kier molecular flexibility index (Phi) is 4.92. The fraction of sp³-hybridized carbons (Fsp3) is 0.476. The van der Waals surface area contributed by atoms with Crippen LogP contribution < -0.4 is 14.7 Å². The van der Waals surface area contributed by atoms with Crippen molar-refractivity contribution in [3.63, 3.8) is 0 Å². The van der Waals surface area contributed by atoms with Crippen LogP contribution in [-0.4, -0.2) is 61.4 Å². The molecule has 29 heavy (non-hydrogen) atoms. The molecule has 0 atom stereocenters. The van der Waals surface area contributed by atoms with Crippen LogP contribution in [0.15, 0.2) is 24.3 Å². The van der Waals surface area contributed by atoms with Gasteiger partial charge in [0, 0.05) is 32.9 Å². The lowest BCUT2D eigenvalue weighted by Crippen LogP contribution is -2.36. The van der Waals surface area contributed by atoms with Crippen molar-refractivity contribution >= 4 is 28.9 Å². The summed E-state index contributed by atoms with van der Waals surface area (Å²) in [6.45, 7) is 6.67. The topological polar surface area (TPSA) is 82.0 Å². The number of hydrogen-bond donors (Lipinski definition) is 1. The second-order valence-corrected chi connectivity index (χ2v) is 8.10. The predicted molar refractivity (Wildman–Crippen MR) is 112 cm³/mol. The summed E-state index contributed by atoms with van der Waals surface area (Å²) in [5.74, 6) is 1.44. The normalized spacial score (nSPS) is 18.2. The number of aliphatic hydroxyl groups is 1. The number of amides is 1. The van der Waals surface area contributed by atoms with Crippen LogP contribution in [0.4, 0.5) is 23.0 Å². The third kappa shape index (κ3) is 3.22. The minimum Gasteiger partial charge on any atom is -0.388 e. The summed E-state index contributed by atoms with van der Waals surface area (Å²) in [6.07, 6.45) is 0. The number of nitrogens with zero attached hydrogens (tertiary/aromatic N) is 5. The number of fused-ring (bicyclic) bond motifs is 1. The van der Waals surface area contributed by atoms with Gasteiger partial charge in [0.05, 0.1) is 29.9 Å². The maximum Gasteiger partial charge on any atom is 0.243 e. The Hall–Kier alpha value is -2.71. The highest BCUT2D eigenvalue weighted by molar-refractivity contribution is 6.12. The summed E-state index contributed by atoms with van der Waals surface area (Å²) < 4.78 is 5.42. The maximum atomic E-state index is 13.4. The number of carbonyl (C=O) groups is 1. The van der Waals surface area contributed by atoms with E-state index in [1.807, 2.05) is 57.1 Å². The highest BCUT2D eigenvalue weighted by Gasteiger charge is 2.48. The molecule has 1 saturated heterocycles. The summed E-state index contributed by atoms with van der Waals surface area (Å²) in [6, 6.07) is 7.95. The molecule has 0 bridgehead atoms. The Balaban J connectivity index is 1.78. The molecule has 0 spiro atoms. The van der Waals surface area contributed by atoms with Crippen molar-refractivity contribution in [2.24, 2.45) is 0 Å². The summed E-state index contributed by atoms with van der Waals surface area (Å²) in [7, 11) is 3.76. The van der Waals surface area contributed by atoms with Gasteiger partial charge in [-0.3, -0.25) is 9.69 Å². The summed E-state index contributed by atoms with van der Waals surface area (Å²) in [4.78, 5) is 28.2. The zero-order valence-electron chi connectivity index (χ0n) is 17.3. The van der Waals surface area contributed by atoms with E-state index in [1.165, 1.54) is 0 Å². The van der Waals surface area contributed by atoms with Gasteiger partial charge in [-0.1, -0.05) is 0 Å². The summed E-state index contributed by atoms with van der Waals surface area (Å²) >= 11 is 0. The van der Waals surface area contributed by atoms with E-state index >= 15 is 0 Å². The molecule has 1 aromatic carbocycles. The molecule has 0 saturated carbocycles. The van der Waals surface area contributed by atoms with Crippen LogP contribution in [-0.2, 0) is 21.6 Å². The molecule has 0 radical (unpaired) electrons. The number of carbonyl (C=O) groups excluding carboxylic acids is 1. The molecule has 8 heteroatoms. The van der Waals surface area contributed by atoms with Crippen LogP contribution in [0, 0.1) is 0 Å². The lowest BCUT2D eigenvalue weighted by Gasteiger charge is -2.29. The average molecular weight is 397 g/mol. The molecule has 154 valence electrons. The average Bonchev–Trinajstić information content (AvgIpc) is 2.93. The Bertz CT molecular complexity index is 921. The number of benzene rings is 1. The van der Waals surface area contributed by atoms with Crippen LogP contribution in [0.1, 0.15) is 25.2 Å². The second-order valence-electron chi connectivity index (χ2n) is 8.10. The van der Waals surface area contributed by atoms with Gasteiger partial charge < -0.3 is 19.6 Å². The highest BCUT2D eigenvalue weighted by Crippen LogP contribution is 2.47. The molecule has 8 nitrogen and oxygen atoms in total. The first-order valence-corrected chi connectivity index (χ1v) is 9.81. The molecule has 0 unspecified atom stereocenters. The standard InChI is InChI=1S/C21H27N5O3/c1-21(2)17-18(24(3)4)22-16(13-27)23-19(17)26(20(21)28)15-7-5-14(6-8-15)25-9-11-29-12-10-25/h5-8,27H,9-13H2,1-4H3. The van der Waals surface area contributed by atoms with Crippen LogP contribution in [0.2, 0.25) is 0 Å². The highest BCUT2D eigenvalue weighted by atomic mass is 16.5. The van der Waals surface area contributed by atoms with Crippen LogP contribution >= 0.6 is 0 Å². The van der Waals surface area contributed by atoms with E-state index in [1.54, 1.807) is 4.90 Å². The maximum absolute atomic E-state index is 13.4. The first kappa shape index (κ1) is 19.6. The molecule has 2 aromatic rings. The molecule has 4 rings (SSSR count). The van der Waals surface area contributed by atoms with Crippen molar-refractivity contribution in [1.82, 2.24) is 9.97 Å².